The molecule has 1 N–H and O–H groups in total. The van der Waals surface area contributed by atoms with Gasteiger partial charge < -0.3 is 14.5 Å². The first-order valence-corrected chi connectivity index (χ1v) is 9.08. The molecule has 1 heterocycles. The summed E-state index contributed by atoms with van der Waals surface area (Å²) >= 11 is 0. The number of carbonyl (C=O) groups is 2. The second-order valence-corrected chi connectivity index (χ2v) is 6.95. The minimum absolute atomic E-state index is 0.00471. The number of benzene rings is 2. The molecule has 0 aliphatic carbocycles. The number of para-hydroxylation sites is 2. The average molecular weight is 383 g/mol. The maximum Gasteiger partial charge on any atom is 0.375 e. The van der Waals surface area contributed by atoms with Gasteiger partial charge in [0.15, 0.2) is 17.5 Å². The second kappa shape index (κ2) is 7.84. The number of hydrogen-bond donors (Lipinski definition) is 1. The van der Waals surface area contributed by atoms with Gasteiger partial charge in [0.1, 0.15) is 0 Å². The number of hydrogen-bond acceptors (Lipinski definition) is 4. The SMILES string of the molecule is Cc1c(C(=O)O[C@H](C)C(=O)Nc2ccccc2C(C)C)oc2c(F)cccc12. The summed E-state index contributed by atoms with van der Waals surface area (Å²) in [5.41, 5.74) is 2.12. The quantitative estimate of drug-likeness (QED) is 0.616. The topological polar surface area (TPSA) is 68.5 Å². The predicted octanol–water partition coefficient (Wildman–Crippen LogP) is 5.19. The highest BCUT2D eigenvalue weighted by atomic mass is 19.1. The highest BCUT2D eigenvalue weighted by molar-refractivity contribution is 5.99. The molecule has 28 heavy (non-hydrogen) atoms. The summed E-state index contributed by atoms with van der Waals surface area (Å²) < 4.78 is 24.5. The molecule has 0 bridgehead atoms. The van der Waals surface area contributed by atoms with Gasteiger partial charge in [-0.1, -0.05) is 44.2 Å². The van der Waals surface area contributed by atoms with E-state index in [0.717, 1.165) is 5.56 Å². The molecule has 0 aliphatic rings. The van der Waals surface area contributed by atoms with Crippen LogP contribution in [-0.2, 0) is 9.53 Å². The number of rotatable bonds is 5. The van der Waals surface area contributed by atoms with Crippen molar-refractivity contribution in [1.82, 2.24) is 0 Å². The van der Waals surface area contributed by atoms with Crippen molar-refractivity contribution in [3.63, 3.8) is 0 Å². The van der Waals surface area contributed by atoms with E-state index in [0.29, 0.717) is 16.6 Å². The number of fused-ring (bicyclic) bond motifs is 1. The van der Waals surface area contributed by atoms with E-state index < -0.39 is 23.8 Å². The fraction of sp³-hybridized carbons (Fsp3) is 0.273. The lowest BCUT2D eigenvalue weighted by atomic mass is 10.0. The first-order chi connectivity index (χ1) is 13.3. The van der Waals surface area contributed by atoms with Gasteiger partial charge in [-0.15, -0.1) is 0 Å². The van der Waals surface area contributed by atoms with Gasteiger partial charge in [-0.05, 0) is 37.5 Å². The van der Waals surface area contributed by atoms with Crippen molar-refractivity contribution in [2.45, 2.75) is 39.7 Å². The molecule has 0 aliphatic heterocycles. The fourth-order valence-electron chi connectivity index (χ4n) is 3.02. The smallest absolute Gasteiger partial charge is 0.375 e. The van der Waals surface area contributed by atoms with E-state index in [9.17, 15) is 14.0 Å². The largest absolute Gasteiger partial charge is 0.447 e. The highest BCUT2D eigenvalue weighted by Crippen LogP contribution is 2.28. The van der Waals surface area contributed by atoms with Crippen molar-refractivity contribution >= 4 is 28.5 Å². The molecule has 1 amide bonds. The van der Waals surface area contributed by atoms with Crippen LogP contribution in [0.3, 0.4) is 0 Å². The van der Waals surface area contributed by atoms with E-state index in [4.69, 9.17) is 9.15 Å². The van der Waals surface area contributed by atoms with Crippen LogP contribution in [0.15, 0.2) is 46.9 Å². The monoisotopic (exact) mass is 383 g/mol. The van der Waals surface area contributed by atoms with E-state index in [1.807, 2.05) is 32.0 Å². The first-order valence-electron chi connectivity index (χ1n) is 9.08. The maximum atomic E-state index is 13.9. The zero-order chi connectivity index (χ0) is 20.4. The van der Waals surface area contributed by atoms with Crippen molar-refractivity contribution < 1.29 is 23.1 Å². The van der Waals surface area contributed by atoms with Crippen LogP contribution in [0.25, 0.3) is 11.0 Å². The summed E-state index contributed by atoms with van der Waals surface area (Å²) in [6.45, 7) is 7.17. The number of carbonyl (C=O) groups excluding carboxylic acids is 2. The van der Waals surface area contributed by atoms with E-state index >= 15 is 0 Å². The lowest BCUT2D eigenvalue weighted by molar-refractivity contribution is -0.123. The summed E-state index contributed by atoms with van der Waals surface area (Å²) in [6.07, 6.45) is -1.05. The van der Waals surface area contributed by atoms with Crippen LogP contribution in [0.2, 0.25) is 0 Å². The zero-order valence-electron chi connectivity index (χ0n) is 16.2. The van der Waals surface area contributed by atoms with Crippen molar-refractivity contribution in [3.8, 4) is 0 Å². The van der Waals surface area contributed by atoms with Crippen LogP contribution in [-0.4, -0.2) is 18.0 Å². The number of amides is 1. The Morgan fingerprint density at radius 1 is 1.07 bits per heavy atom. The molecule has 0 saturated carbocycles. The van der Waals surface area contributed by atoms with E-state index in [-0.39, 0.29) is 17.3 Å². The Morgan fingerprint density at radius 2 is 1.79 bits per heavy atom. The van der Waals surface area contributed by atoms with Crippen LogP contribution in [0.4, 0.5) is 10.1 Å². The fourth-order valence-corrected chi connectivity index (χ4v) is 3.02. The van der Waals surface area contributed by atoms with Crippen LogP contribution < -0.4 is 5.32 Å². The molecule has 1 aromatic heterocycles. The van der Waals surface area contributed by atoms with Crippen LogP contribution in [0.5, 0.6) is 0 Å². The molecule has 1 atom stereocenters. The lowest BCUT2D eigenvalue weighted by Crippen LogP contribution is -2.30. The molecule has 0 spiro atoms. The number of anilines is 1. The third-order valence-corrected chi connectivity index (χ3v) is 4.59. The van der Waals surface area contributed by atoms with Crippen molar-refractivity contribution in [2.75, 3.05) is 5.32 Å². The van der Waals surface area contributed by atoms with E-state index in [2.05, 4.69) is 5.32 Å². The average Bonchev–Trinajstić information content (AvgIpc) is 3.00. The standard InChI is InChI=1S/C22H22FNO4/c1-12(2)15-8-5-6-11-18(15)24-21(25)14(4)27-22(26)19-13(3)16-9-7-10-17(23)20(16)28-19/h5-12,14H,1-4H3,(H,24,25)/t14-/m1/s1. The summed E-state index contributed by atoms with van der Waals surface area (Å²) in [4.78, 5) is 25.0. The molecule has 3 rings (SSSR count). The van der Waals surface area contributed by atoms with E-state index in [1.165, 1.54) is 19.1 Å². The van der Waals surface area contributed by atoms with E-state index in [1.54, 1.807) is 19.1 Å². The Balaban J connectivity index is 1.75. The van der Waals surface area contributed by atoms with Crippen molar-refractivity contribution in [2.24, 2.45) is 0 Å². The molecular weight excluding hydrogens is 361 g/mol. The highest BCUT2D eigenvalue weighted by Gasteiger charge is 2.25. The summed E-state index contributed by atoms with van der Waals surface area (Å²) in [6, 6.07) is 11.9. The van der Waals surface area contributed by atoms with Gasteiger partial charge >= 0.3 is 5.97 Å². The number of furan rings is 1. The third kappa shape index (κ3) is 3.76. The van der Waals surface area contributed by atoms with Crippen LogP contribution in [0.1, 0.15) is 48.4 Å². The molecule has 3 aromatic rings. The minimum atomic E-state index is -1.05. The Kier molecular flexibility index (Phi) is 5.49. The normalized spacial score (nSPS) is 12.2. The number of ether oxygens (including phenoxy) is 1. The number of aryl methyl sites for hydroxylation is 1. The molecule has 146 valence electrons. The van der Waals surface area contributed by atoms with Gasteiger partial charge in [0, 0.05) is 16.6 Å². The van der Waals surface area contributed by atoms with Crippen molar-refractivity contribution in [1.29, 1.82) is 0 Å². The number of halogens is 1. The predicted molar refractivity (Wildman–Crippen MR) is 105 cm³/mol. The molecule has 6 heteroatoms. The third-order valence-electron chi connectivity index (χ3n) is 4.59. The van der Waals surface area contributed by atoms with Gasteiger partial charge in [-0.2, -0.15) is 0 Å². The summed E-state index contributed by atoms with van der Waals surface area (Å²) in [7, 11) is 0. The molecule has 0 radical (unpaired) electrons. The van der Waals surface area contributed by atoms with Crippen molar-refractivity contribution in [3.05, 3.63) is 65.2 Å². The molecule has 0 fully saturated rings. The van der Waals surface area contributed by atoms with Gasteiger partial charge in [-0.3, -0.25) is 4.79 Å². The molecule has 5 nitrogen and oxygen atoms in total. The Hall–Kier alpha value is -3.15. The van der Waals surface area contributed by atoms with Gasteiger partial charge in [0.2, 0.25) is 5.76 Å². The molecule has 0 unspecified atom stereocenters. The van der Waals surface area contributed by atoms with Gasteiger partial charge in [-0.25, -0.2) is 9.18 Å². The Bertz CT molecular complexity index is 1040. The van der Waals surface area contributed by atoms with Gasteiger partial charge in [0.25, 0.3) is 5.91 Å². The Labute approximate surface area is 162 Å². The number of esters is 1. The van der Waals surface area contributed by atoms with Crippen LogP contribution in [0, 0.1) is 12.7 Å². The second-order valence-electron chi connectivity index (χ2n) is 6.95. The number of nitrogens with one attached hydrogen (secondary N) is 1. The molecule has 0 saturated heterocycles. The van der Waals surface area contributed by atoms with Crippen LogP contribution >= 0.6 is 0 Å². The maximum absolute atomic E-state index is 13.9. The lowest BCUT2D eigenvalue weighted by Gasteiger charge is -2.16. The zero-order valence-corrected chi connectivity index (χ0v) is 16.2. The summed E-state index contributed by atoms with van der Waals surface area (Å²) in [5.74, 6) is -1.71. The Morgan fingerprint density at radius 3 is 2.46 bits per heavy atom. The summed E-state index contributed by atoms with van der Waals surface area (Å²) in [5, 5.41) is 3.29. The van der Waals surface area contributed by atoms with Gasteiger partial charge in [0.05, 0.1) is 0 Å². The minimum Gasteiger partial charge on any atom is -0.447 e. The molecular formula is C22H22FNO4. The first kappa shape index (κ1) is 19.6. The molecule has 2 aromatic carbocycles.